The summed E-state index contributed by atoms with van der Waals surface area (Å²) in [6, 6.07) is 4.32. The number of nitrogens with one attached hydrogen (secondary N) is 1. The smallest absolute Gasteiger partial charge is 0.433 e. The lowest BCUT2D eigenvalue weighted by Gasteiger charge is -2.12. The monoisotopic (exact) mass is 454 g/mol. The van der Waals surface area contributed by atoms with E-state index in [2.05, 4.69) is 15.4 Å². The Balaban J connectivity index is 1.76. The minimum Gasteiger partial charge on any atom is -0.506 e. The highest BCUT2D eigenvalue weighted by atomic mass is 32.2. The van der Waals surface area contributed by atoms with E-state index in [4.69, 9.17) is 0 Å². The van der Waals surface area contributed by atoms with Gasteiger partial charge in [0.2, 0.25) is 0 Å². The van der Waals surface area contributed by atoms with Crippen molar-refractivity contribution in [3.8, 4) is 5.75 Å². The molecule has 1 aromatic carbocycles. The third kappa shape index (κ3) is 3.94. The predicted molar refractivity (Wildman–Crippen MR) is 104 cm³/mol. The number of benzene rings is 1. The number of aromatic nitrogens is 3. The van der Waals surface area contributed by atoms with Gasteiger partial charge in [0.05, 0.1) is 22.5 Å². The van der Waals surface area contributed by atoms with Gasteiger partial charge in [-0.1, -0.05) is 6.92 Å². The maximum atomic E-state index is 13.5. The zero-order valence-corrected chi connectivity index (χ0v) is 17.0. The summed E-state index contributed by atoms with van der Waals surface area (Å²) in [7, 11) is -3.61. The second kappa shape index (κ2) is 7.22. The van der Waals surface area contributed by atoms with E-state index in [9.17, 15) is 31.5 Å². The largest absolute Gasteiger partial charge is 0.506 e. The van der Waals surface area contributed by atoms with Crippen LogP contribution in [0.4, 0.5) is 18.9 Å². The molecule has 0 bridgehead atoms. The van der Waals surface area contributed by atoms with Crippen molar-refractivity contribution in [3.63, 3.8) is 0 Å². The van der Waals surface area contributed by atoms with Crippen LogP contribution < -0.4 is 5.32 Å². The molecular weight excluding hydrogens is 437 g/mol. The number of sulfone groups is 1. The first-order valence-corrected chi connectivity index (χ1v) is 11.0. The van der Waals surface area contributed by atoms with E-state index < -0.39 is 33.4 Å². The van der Waals surface area contributed by atoms with Crippen molar-refractivity contribution in [2.45, 2.75) is 36.8 Å². The zero-order chi connectivity index (χ0) is 22.6. The van der Waals surface area contributed by atoms with Crippen molar-refractivity contribution in [1.29, 1.82) is 0 Å². The molecule has 0 spiro atoms. The lowest BCUT2D eigenvalue weighted by Crippen LogP contribution is -2.16. The van der Waals surface area contributed by atoms with E-state index in [-0.39, 0.29) is 39.2 Å². The molecule has 1 amide bonds. The van der Waals surface area contributed by atoms with Crippen LogP contribution in [0.3, 0.4) is 0 Å². The van der Waals surface area contributed by atoms with Crippen molar-refractivity contribution in [1.82, 2.24) is 14.6 Å². The quantitative estimate of drug-likeness (QED) is 0.572. The first kappa shape index (κ1) is 21.1. The number of carbonyl (C=O) groups is 1. The molecule has 0 atom stereocenters. The summed E-state index contributed by atoms with van der Waals surface area (Å²) in [6.07, 6.45) is -2.33. The molecule has 1 fully saturated rings. The molecular formula is C19H17F3N4O4S. The second-order valence-corrected chi connectivity index (χ2v) is 9.45. The fourth-order valence-electron chi connectivity index (χ4n) is 3.10. The molecule has 8 nitrogen and oxygen atoms in total. The number of hydrogen-bond acceptors (Lipinski definition) is 6. The molecule has 0 saturated heterocycles. The minimum absolute atomic E-state index is 0.100. The van der Waals surface area contributed by atoms with Crippen LogP contribution in [0, 0.1) is 0 Å². The average molecular weight is 454 g/mol. The highest BCUT2D eigenvalue weighted by Crippen LogP contribution is 2.41. The van der Waals surface area contributed by atoms with Crippen molar-refractivity contribution in [2.75, 3.05) is 11.1 Å². The number of aromatic hydroxyl groups is 1. The molecule has 164 valence electrons. The fourth-order valence-corrected chi connectivity index (χ4v) is 4.00. The van der Waals surface area contributed by atoms with Crippen LogP contribution in [0.5, 0.6) is 5.75 Å². The van der Waals surface area contributed by atoms with E-state index >= 15 is 0 Å². The topological polar surface area (TPSA) is 114 Å². The van der Waals surface area contributed by atoms with Gasteiger partial charge in [0.1, 0.15) is 17.0 Å². The van der Waals surface area contributed by atoms with Gasteiger partial charge in [0.15, 0.2) is 15.5 Å². The Morgan fingerprint density at radius 2 is 2.00 bits per heavy atom. The van der Waals surface area contributed by atoms with Crippen LogP contribution >= 0.6 is 0 Å². The van der Waals surface area contributed by atoms with Crippen molar-refractivity contribution >= 4 is 27.1 Å². The summed E-state index contributed by atoms with van der Waals surface area (Å²) in [6.45, 7) is 1.45. The van der Waals surface area contributed by atoms with Gasteiger partial charge in [-0.2, -0.15) is 18.3 Å². The van der Waals surface area contributed by atoms with Crippen molar-refractivity contribution < 1.29 is 31.5 Å². The molecule has 0 aliphatic heterocycles. The molecule has 12 heteroatoms. The Kier molecular flexibility index (Phi) is 4.91. The van der Waals surface area contributed by atoms with Gasteiger partial charge in [0.25, 0.3) is 5.91 Å². The molecule has 4 rings (SSSR count). The normalized spacial score (nSPS) is 14.7. The summed E-state index contributed by atoms with van der Waals surface area (Å²) >= 11 is 0. The summed E-state index contributed by atoms with van der Waals surface area (Å²) < 4.78 is 65.2. The number of carbonyl (C=O) groups excluding carboxylic acids is 1. The number of amides is 1. The number of halogens is 3. The molecule has 3 aromatic rings. The van der Waals surface area contributed by atoms with Crippen molar-refractivity contribution in [3.05, 3.63) is 47.4 Å². The second-order valence-electron chi connectivity index (χ2n) is 7.17. The van der Waals surface area contributed by atoms with Gasteiger partial charge in [-0.05, 0) is 37.1 Å². The molecule has 2 heterocycles. The lowest BCUT2D eigenvalue weighted by molar-refractivity contribution is -0.142. The number of nitrogens with zero attached hydrogens (tertiary/aromatic N) is 3. The summed E-state index contributed by atoms with van der Waals surface area (Å²) in [5, 5.41) is 16.0. The Hall–Kier alpha value is -3.15. The molecule has 2 aromatic heterocycles. The van der Waals surface area contributed by atoms with Crippen molar-refractivity contribution in [2.24, 2.45) is 0 Å². The summed E-state index contributed by atoms with van der Waals surface area (Å²) in [5.41, 5.74) is -1.53. The van der Waals surface area contributed by atoms with E-state index in [0.717, 1.165) is 24.4 Å². The molecule has 2 N–H and O–H groups in total. The highest BCUT2D eigenvalue weighted by molar-refractivity contribution is 7.91. The standard InChI is InChI=1S/C19H17F3N4O4S/c1-2-31(29,30)11-5-6-15(27)14(7-11)25-18(28)12-9-23-26-16(19(20,21)22)8-13(10-3-4-10)24-17(12)26/h5-10,27H,2-4H2,1H3,(H,25,28). The van der Waals surface area contributed by atoms with Gasteiger partial charge in [0, 0.05) is 11.6 Å². The molecule has 0 unspecified atom stereocenters. The maximum absolute atomic E-state index is 13.5. The van der Waals surface area contributed by atoms with Gasteiger partial charge in [-0.15, -0.1) is 0 Å². The summed E-state index contributed by atoms with van der Waals surface area (Å²) in [4.78, 5) is 16.9. The van der Waals surface area contributed by atoms with Gasteiger partial charge < -0.3 is 10.4 Å². The van der Waals surface area contributed by atoms with Crippen LogP contribution in [0.15, 0.2) is 35.4 Å². The number of rotatable bonds is 5. The Bertz CT molecular complexity index is 1300. The number of phenolic OH excluding ortho intramolecular Hbond substituents is 1. The van der Waals surface area contributed by atoms with E-state index in [1.165, 1.54) is 13.0 Å². The predicted octanol–water partition coefficient (Wildman–Crippen LogP) is 3.38. The van der Waals surface area contributed by atoms with Crippen LogP contribution in [-0.4, -0.2) is 39.8 Å². The van der Waals surface area contributed by atoms with E-state index in [1.54, 1.807) is 0 Å². The molecule has 31 heavy (non-hydrogen) atoms. The number of alkyl halides is 3. The first-order valence-electron chi connectivity index (χ1n) is 9.34. The Morgan fingerprint density at radius 1 is 1.29 bits per heavy atom. The SMILES string of the molecule is CCS(=O)(=O)c1ccc(O)c(NC(=O)c2cnn3c(C(F)(F)F)cc(C4CC4)nc23)c1. The Morgan fingerprint density at radius 3 is 2.61 bits per heavy atom. The molecule has 1 aliphatic rings. The van der Waals surface area contributed by atoms with Gasteiger partial charge in [-0.25, -0.2) is 17.9 Å². The zero-order valence-electron chi connectivity index (χ0n) is 16.1. The number of fused-ring (bicyclic) bond motifs is 1. The van der Waals surface area contributed by atoms with E-state index in [0.29, 0.717) is 17.4 Å². The number of anilines is 1. The van der Waals surface area contributed by atoms with Crippen LogP contribution in [0.1, 0.15) is 47.4 Å². The van der Waals surface area contributed by atoms with Crippen LogP contribution in [-0.2, 0) is 16.0 Å². The molecule has 1 aliphatic carbocycles. The molecule has 1 saturated carbocycles. The van der Waals surface area contributed by atoms with Gasteiger partial charge >= 0.3 is 6.18 Å². The average Bonchev–Trinajstić information content (AvgIpc) is 3.47. The van der Waals surface area contributed by atoms with Crippen LogP contribution in [0.2, 0.25) is 0 Å². The third-order valence-electron chi connectivity index (χ3n) is 4.98. The van der Waals surface area contributed by atoms with Gasteiger partial charge in [-0.3, -0.25) is 4.79 Å². The minimum atomic E-state index is -4.70. The highest BCUT2D eigenvalue weighted by Gasteiger charge is 2.38. The third-order valence-corrected chi connectivity index (χ3v) is 6.71. The maximum Gasteiger partial charge on any atom is 0.433 e. The fraction of sp³-hybridized carbons (Fsp3) is 0.316. The first-order chi connectivity index (χ1) is 14.5. The molecule has 0 radical (unpaired) electrons. The van der Waals surface area contributed by atoms with Crippen LogP contribution in [0.25, 0.3) is 5.65 Å². The summed E-state index contributed by atoms with van der Waals surface area (Å²) in [5.74, 6) is -1.57. The Labute approximate surface area is 174 Å². The lowest BCUT2D eigenvalue weighted by atomic mass is 10.2. The number of hydrogen-bond donors (Lipinski definition) is 2. The van der Waals surface area contributed by atoms with E-state index in [1.807, 2.05) is 0 Å². The number of phenols is 1.